The minimum absolute atomic E-state index is 0. The third kappa shape index (κ3) is 4.03. The van der Waals surface area contributed by atoms with Crippen LogP contribution in [0.15, 0.2) is 24.3 Å². The maximum absolute atomic E-state index is 15.2. The van der Waals surface area contributed by atoms with E-state index in [0.717, 1.165) is 38.2 Å². The second-order valence-corrected chi connectivity index (χ2v) is 7.24. The van der Waals surface area contributed by atoms with Crippen molar-refractivity contribution in [2.45, 2.75) is 31.6 Å². The number of hydrogen-bond donors (Lipinski definition) is 1. The predicted molar refractivity (Wildman–Crippen MR) is 88.1 cm³/mol. The van der Waals surface area contributed by atoms with E-state index >= 15 is 4.39 Å². The fraction of sp³-hybridized carbons (Fsp3) is 0.647. The molecule has 2 aliphatic rings. The Morgan fingerprint density at radius 3 is 2.62 bits per heavy atom. The summed E-state index contributed by atoms with van der Waals surface area (Å²) in [4.78, 5) is 2.05. The van der Waals surface area contributed by atoms with Crippen LogP contribution in [0, 0.1) is 5.41 Å². The van der Waals surface area contributed by atoms with Crippen molar-refractivity contribution < 1.29 is 17.6 Å². The molecule has 0 radical (unpaired) electrons. The molecule has 2 heterocycles. The van der Waals surface area contributed by atoms with Crippen molar-refractivity contribution in [2.75, 3.05) is 32.7 Å². The van der Waals surface area contributed by atoms with E-state index in [0.29, 0.717) is 6.54 Å². The lowest BCUT2D eigenvalue weighted by molar-refractivity contribution is -0.137. The van der Waals surface area contributed by atoms with Crippen LogP contribution in [0.4, 0.5) is 17.6 Å². The summed E-state index contributed by atoms with van der Waals surface area (Å²) in [6.45, 7) is 5.59. The van der Waals surface area contributed by atoms with Crippen molar-refractivity contribution in [1.29, 1.82) is 0 Å². The van der Waals surface area contributed by atoms with E-state index in [1.165, 1.54) is 12.1 Å². The molecule has 1 aromatic rings. The van der Waals surface area contributed by atoms with Crippen LogP contribution in [0.1, 0.15) is 30.9 Å². The Balaban J connectivity index is 0.00000208. The second kappa shape index (κ2) is 6.81. The monoisotopic (exact) mass is 366 g/mol. The van der Waals surface area contributed by atoms with Gasteiger partial charge in [-0.15, -0.1) is 12.4 Å². The van der Waals surface area contributed by atoms with Crippen molar-refractivity contribution in [3.05, 3.63) is 35.4 Å². The zero-order valence-corrected chi connectivity index (χ0v) is 14.4. The summed E-state index contributed by atoms with van der Waals surface area (Å²) >= 11 is 0. The standard InChI is InChI=1S/C17H22F4N2.ClH/c1-15(5-7-22-10-15)11-23-8-6-16(18,12-23)13-3-2-4-14(9-13)17(19,20)21;/h2-4,9,22H,5-8,10-12H2,1H3;1H. The lowest BCUT2D eigenvalue weighted by atomic mass is 9.89. The Kier molecular flexibility index (Phi) is 5.52. The van der Waals surface area contributed by atoms with Crippen LogP contribution in [0.2, 0.25) is 0 Å². The van der Waals surface area contributed by atoms with E-state index < -0.39 is 17.4 Å². The smallest absolute Gasteiger partial charge is 0.316 e. The fourth-order valence-electron chi connectivity index (χ4n) is 3.74. The molecule has 2 aliphatic heterocycles. The Morgan fingerprint density at radius 2 is 2.00 bits per heavy atom. The van der Waals surface area contributed by atoms with Gasteiger partial charge < -0.3 is 5.32 Å². The molecule has 1 aromatic carbocycles. The molecule has 2 atom stereocenters. The summed E-state index contributed by atoms with van der Waals surface area (Å²) in [5, 5.41) is 3.32. The Labute approximate surface area is 146 Å². The molecule has 2 nitrogen and oxygen atoms in total. The van der Waals surface area contributed by atoms with Crippen molar-refractivity contribution >= 4 is 12.4 Å². The number of likely N-dealkylation sites (tertiary alicyclic amines) is 1. The van der Waals surface area contributed by atoms with E-state index in [-0.39, 0.29) is 36.4 Å². The Bertz CT molecular complexity index is 572. The average Bonchev–Trinajstić information content (AvgIpc) is 3.06. The quantitative estimate of drug-likeness (QED) is 0.813. The number of rotatable bonds is 3. The largest absolute Gasteiger partial charge is 0.416 e. The Hall–Kier alpha value is -0.850. The molecule has 3 rings (SSSR count). The summed E-state index contributed by atoms with van der Waals surface area (Å²) < 4.78 is 53.7. The van der Waals surface area contributed by atoms with E-state index in [1.807, 2.05) is 4.90 Å². The first kappa shape index (κ1) is 19.5. The van der Waals surface area contributed by atoms with Gasteiger partial charge in [-0.1, -0.05) is 19.1 Å². The van der Waals surface area contributed by atoms with Crippen LogP contribution >= 0.6 is 12.4 Å². The van der Waals surface area contributed by atoms with Gasteiger partial charge in [-0.2, -0.15) is 13.2 Å². The Morgan fingerprint density at radius 1 is 1.25 bits per heavy atom. The molecule has 1 N–H and O–H groups in total. The number of benzene rings is 1. The van der Waals surface area contributed by atoms with Gasteiger partial charge in [0, 0.05) is 26.2 Å². The molecule has 24 heavy (non-hydrogen) atoms. The normalized spacial score (nSPS) is 31.2. The molecule has 7 heteroatoms. The maximum Gasteiger partial charge on any atom is 0.416 e. The summed E-state index contributed by atoms with van der Waals surface area (Å²) in [5.74, 6) is 0. The predicted octanol–water partition coefficient (Wildman–Crippen LogP) is 4.00. The molecule has 2 unspecified atom stereocenters. The van der Waals surface area contributed by atoms with E-state index in [9.17, 15) is 13.2 Å². The molecular weight excluding hydrogens is 344 g/mol. The summed E-state index contributed by atoms with van der Waals surface area (Å²) in [6.07, 6.45) is -3.14. The van der Waals surface area contributed by atoms with Gasteiger partial charge in [-0.25, -0.2) is 4.39 Å². The highest BCUT2D eigenvalue weighted by Gasteiger charge is 2.43. The van der Waals surface area contributed by atoms with Gasteiger partial charge in [0.1, 0.15) is 5.67 Å². The summed E-state index contributed by atoms with van der Waals surface area (Å²) in [7, 11) is 0. The van der Waals surface area contributed by atoms with Crippen LogP contribution in [-0.4, -0.2) is 37.6 Å². The molecule has 136 valence electrons. The van der Waals surface area contributed by atoms with Crippen molar-refractivity contribution in [3.8, 4) is 0 Å². The highest BCUT2D eigenvalue weighted by atomic mass is 35.5. The van der Waals surface area contributed by atoms with Crippen LogP contribution < -0.4 is 5.32 Å². The van der Waals surface area contributed by atoms with Crippen molar-refractivity contribution in [1.82, 2.24) is 10.2 Å². The van der Waals surface area contributed by atoms with Gasteiger partial charge in [0.15, 0.2) is 0 Å². The molecule has 0 saturated carbocycles. The van der Waals surface area contributed by atoms with Crippen molar-refractivity contribution in [2.24, 2.45) is 5.41 Å². The van der Waals surface area contributed by atoms with E-state index in [2.05, 4.69) is 12.2 Å². The number of nitrogens with one attached hydrogen (secondary N) is 1. The third-order valence-corrected chi connectivity index (χ3v) is 5.07. The number of alkyl halides is 4. The van der Waals surface area contributed by atoms with Crippen LogP contribution in [-0.2, 0) is 11.8 Å². The first-order valence-electron chi connectivity index (χ1n) is 8.00. The first-order chi connectivity index (χ1) is 10.7. The van der Waals surface area contributed by atoms with Gasteiger partial charge in [0.05, 0.1) is 5.56 Å². The minimum Gasteiger partial charge on any atom is -0.316 e. The molecule has 0 bridgehead atoms. The highest BCUT2D eigenvalue weighted by molar-refractivity contribution is 5.85. The molecule has 2 fully saturated rings. The molecule has 2 saturated heterocycles. The molecular formula is C17H23ClF4N2. The van der Waals surface area contributed by atoms with Crippen molar-refractivity contribution in [3.63, 3.8) is 0 Å². The van der Waals surface area contributed by atoms with E-state index in [4.69, 9.17) is 0 Å². The second-order valence-electron chi connectivity index (χ2n) is 7.24. The molecule has 0 spiro atoms. The SMILES string of the molecule is CC1(CN2CCC(F)(c3cccc(C(F)(F)F)c3)C2)CCNC1.Cl. The fourth-order valence-corrected chi connectivity index (χ4v) is 3.74. The number of hydrogen-bond acceptors (Lipinski definition) is 2. The van der Waals surface area contributed by atoms with E-state index in [1.54, 1.807) is 0 Å². The van der Waals surface area contributed by atoms with Gasteiger partial charge in [-0.3, -0.25) is 4.90 Å². The zero-order valence-electron chi connectivity index (χ0n) is 13.6. The molecule has 0 amide bonds. The number of halogens is 5. The summed E-state index contributed by atoms with van der Waals surface area (Å²) in [5.41, 5.74) is -2.20. The lowest BCUT2D eigenvalue weighted by Gasteiger charge is -2.30. The van der Waals surface area contributed by atoms with Crippen LogP contribution in [0.5, 0.6) is 0 Å². The third-order valence-electron chi connectivity index (χ3n) is 5.07. The van der Waals surface area contributed by atoms with Crippen LogP contribution in [0.25, 0.3) is 0 Å². The van der Waals surface area contributed by atoms with Crippen LogP contribution in [0.3, 0.4) is 0 Å². The van der Waals surface area contributed by atoms with Gasteiger partial charge in [0.25, 0.3) is 0 Å². The highest BCUT2D eigenvalue weighted by Crippen LogP contribution is 2.40. The zero-order chi connectivity index (χ0) is 16.7. The van der Waals surface area contributed by atoms with Gasteiger partial charge in [0.2, 0.25) is 0 Å². The van der Waals surface area contributed by atoms with Gasteiger partial charge >= 0.3 is 6.18 Å². The molecule has 0 aromatic heterocycles. The molecule has 0 aliphatic carbocycles. The topological polar surface area (TPSA) is 15.3 Å². The average molecular weight is 367 g/mol. The lowest BCUT2D eigenvalue weighted by Crippen LogP contribution is -2.37. The first-order valence-corrected chi connectivity index (χ1v) is 8.00. The minimum atomic E-state index is -4.44. The maximum atomic E-state index is 15.2. The summed E-state index contributed by atoms with van der Waals surface area (Å²) in [6, 6.07) is 4.72. The number of nitrogens with zero attached hydrogens (tertiary/aromatic N) is 1. The van der Waals surface area contributed by atoms with Gasteiger partial charge in [-0.05, 0) is 42.5 Å².